The van der Waals surface area contributed by atoms with Gasteiger partial charge in [-0.05, 0) is 12.3 Å². The molecule has 0 unspecified atom stereocenters. The summed E-state index contributed by atoms with van der Waals surface area (Å²) in [6, 6.07) is 0. The molecule has 0 rings (SSSR count). The Labute approximate surface area is 99.1 Å². The van der Waals surface area contributed by atoms with Gasteiger partial charge in [0.05, 0.1) is 0 Å². The molecule has 0 radical (unpaired) electrons. The molecule has 0 heterocycles. The van der Waals surface area contributed by atoms with Gasteiger partial charge in [0.2, 0.25) is 0 Å². The predicted molar refractivity (Wildman–Crippen MR) is 58.1 cm³/mol. The van der Waals surface area contributed by atoms with Crippen LogP contribution in [0.25, 0.3) is 0 Å². The molecule has 17 heavy (non-hydrogen) atoms. The molecule has 0 aliphatic carbocycles. The number of nitrogens with zero attached hydrogens (tertiary/aromatic N) is 2. The van der Waals surface area contributed by atoms with Crippen molar-refractivity contribution >= 4 is 0 Å². The summed E-state index contributed by atoms with van der Waals surface area (Å²) in [6.45, 7) is 3.76. The SMILES string of the molecule is CC(C)CCCC[C@H](CO[N+](=O)[O-])O[N+](=O)[O-]. The van der Waals surface area contributed by atoms with Gasteiger partial charge < -0.3 is 9.68 Å². The number of hydrogen-bond acceptors (Lipinski definition) is 6. The molecule has 0 saturated heterocycles. The Bertz CT molecular complexity index is 246. The van der Waals surface area contributed by atoms with E-state index in [0.29, 0.717) is 12.3 Å². The van der Waals surface area contributed by atoms with Gasteiger partial charge in [-0.25, -0.2) is 0 Å². The van der Waals surface area contributed by atoms with Crippen molar-refractivity contribution in [3.8, 4) is 0 Å². The second-order valence-corrected chi connectivity index (χ2v) is 4.15. The molecular weight excluding hydrogens is 232 g/mol. The first kappa shape index (κ1) is 15.4. The lowest BCUT2D eigenvalue weighted by molar-refractivity contribution is -0.790. The van der Waals surface area contributed by atoms with Gasteiger partial charge in [-0.2, -0.15) is 0 Å². The molecule has 8 nitrogen and oxygen atoms in total. The molecule has 100 valence electrons. The lowest BCUT2D eigenvalue weighted by Crippen LogP contribution is -2.24. The van der Waals surface area contributed by atoms with Crippen LogP contribution in [0.15, 0.2) is 0 Å². The minimum Gasteiger partial charge on any atom is -0.312 e. The molecule has 0 aromatic rings. The first-order chi connectivity index (χ1) is 7.91. The summed E-state index contributed by atoms with van der Waals surface area (Å²) in [5, 5.41) is 18.2. The molecule has 8 heteroatoms. The predicted octanol–water partition coefficient (Wildman–Crippen LogP) is 1.99. The minimum absolute atomic E-state index is 0.377. The smallest absolute Gasteiger partial charge is 0.294 e. The summed E-state index contributed by atoms with van der Waals surface area (Å²) in [5.41, 5.74) is 0. The highest BCUT2D eigenvalue weighted by Gasteiger charge is 2.15. The summed E-state index contributed by atoms with van der Waals surface area (Å²) in [7, 11) is 0. The van der Waals surface area contributed by atoms with Crippen LogP contribution in [0.1, 0.15) is 39.5 Å². The third kappa shape index (κ3) is 10.7. The fourth-order valence-electron chi connectivity index (χ4n) is 1.36. The molecule has 0 aliphatic heterocycles. The molecule has 0 aromatic carbocycles. The van der Waals surface area contributed by atoms with Crippen molar-refractivity contribution in [1.82, 2.24) is 0 Å². The van der Waals surface area contributed by atoms with Crippen molar-refractivity contribution in [2.45, 2.75) is 45.6 Å². The van der Waals surface area contributed by atoms with E-state index in [4.69, 9.17) is 0 Å². The Morgan fingerprint density at radius 2 is 1.65 bits per heavy atom. The Hall–Kier alpha value is -1.60. The molecule has 0 N–H and O–H groups in total. The zero-order valence-corrected chi connectivity index (χ0v) is 10.0. The van der Waals surface area contributed by atoms with E-state index in [1.54, 1.807) is 0 Å². The summed E-state index contributed by atoms with van der Waals surface area (Å²) >= 11 is 0. The molecule has 1 atom stereocenters. The van der Waals surface area contributed by atoms with Crippen molar-refractivity contribution in [2.24, 2.45) is 5.92 Å². The average molecular weight is 250 g/mol. The second-order valence-electron chi connectivity index (χ2n) is 4.15. The monoisotopic (exact) mass is 250 g/mol. The third-order valence-electron chi connectivity index (χ3n) is 2.16. The van der Waals surface area contributed by atoms with Crippen molar-refractivity contribution in [2.75, 3.05) is 6.61 Å². The van der Waals surface area contributed by atoms with E-state index in [0.717, 1.165) is 19.3 Å². The van der Waals surface area contributed by atoms with Gasteiger partial charge in [0.25, 0.3) is 10.2 Å². The first-order valence-corrected chi connectivity index (χ1v) is 5.50. The Morgan fingerprint density at radius 3 is 2.12 bits per heavy atom. The van der Waals surface area contributed by atoms with Crippen LogP contribution in [0.2, 0.25) is 0 Å². The van der Waals surface area contributed by atoms with E-state index >= 15 is 0 Å². The molecule has 0 fully saturated rings. The van der Waals surface area contributed by atoms with Gasteiger partial charge in [0, 0.05) is 0 Å². The summed E-state index contributed by atoms with van der Waals surface area (Å²) in [6.07, 6.45) is 2.15. The summed E-state index contributed by atoms with van der Waals surface area (Å²) in [5.74, 6) is 0.569. The maximum atomic E-state index is 10.2. The average Bonchev–Trinajstić information content (AvgIpc) is 2.19. The van der Waals surface area contributed by atoms with E-state index in [1.807, 2.05) is 0 Å². The fourth-order valence-corrected chi connectivity index (χ4v) is 1.36. The van der Waals surface area contributed by atoms with Gasteiger partial charge in [0.15, 0.2) is 0 Å². The van der Waals surface area contributed by atoms with Crippen LogP contribution in [-0.4, -0.2) is 22.9 Å². The normalized spacial score (nSPS) is 12.2. The topological polar surface area (TPSA) is 105 Å². The largest absolute Gasteiger partial charge is 0.312 e. The maximum absolute atomic E-state index is 10.2. The first-order valence-electron chi connectivity index (χ1n) is 5.50. The summed E-state index contributed by atoms with van der Waals surface area (Å²) in [4.78, 5) is 28.5. The van der Waals surface area contributed by atoms with E-state index in [1.165, 1.54) is 0 Å². The Kier molecular flexibility index (Phi) is 7.74. The molecule has 0 aliphatic rings. The van der Waals surface area contributed by atoms with E-state index in [9.17, 15) is 20.2 Å². The zero-order valence-electron chi connectivity index (χ0n) is 10.0. The molecule has 0 saturated carbocycles. The van der Waals surface area contributed by atoms with Crippen LogP contribution in [0.5, 0.6) is 0 Å². The van der Waals surface area contributed by atoms with Gasteiger partial charge in [-0.15, -0.1) is 20.2 Å². The van der Waals surface area contributed by atoms with Crippen LogP contribution >= 0.6 is 0 Å². The van der Waals surface area contributed by atoms with Gasteiger partial charge >= 0.3 is 0 Å². The van der Waals surface area contributed by atoms with Crippen molar-refractivity contribution in [1.29, 1.82) is 0 Å². The highest BCUT2D eigenvalue weighted by atomic mass is 17.0. The van der Waals surface area contributed by atoms with Crippen molar-refractivity contribution < 1.29 is 19.8 Å². The van der Waals surface area contributed by atoms with Crippen LogP contribution < -0.4 is 0 Å². The van der Waals surface area contributed by atoms with E-state index < -0.39 is 22.9 Å². The molecule has 0 aromatic heterocycles. The van der Waals surface area contributed by atoms with Gasteiger partial charge in [-0.1, -0.05) is 33.1 Å². The standard InChI is InChI=1S/C9H18N2O6/c1-8(2)5-3-4-6-9(17-11(14)15)7-16-10(12)13/h8-9H,3-7H2,1-2H3/t9-/m1/s1. The molecule has 0 bridgehead atoms. The lowest BCUT2D eigenvalue weighted by Gasteiger charge is -2.13. The molecule has 0 amide bonds. The molecule has 0 spiro atoms. The maximum Gasteiger partial charge on any atom is 0.294 e. The van der Waals surface area contributed by atoms with Crippen molar-refractivity contribution in [3.05, 3.63) is 20.2 Å². The number of hydrogen-bond donors (Lipinski definition) is 0. The molecular formula is C9H18N2O6. The number of rotatable bonds is 10. The van der Waals surface area contributed by atoms with Crippen LogP contribution in [0, 0.1) is 26.1 Å². The van der Waals surface area contributed by atoms with Crippen LogP contribution in [-0.2, 0) is 9.68 Å². The van der Waals surface area contributed by atoms with Gasteiger partial charge in [0.1, 0.15) is 12.7 Å². The van der Waals surface area contributed by atoms with Crippen LogP contribution in [0.4, 0.5) is 0 Å². The highest BCUT2D eigenvalue weighted by Crippen LogP contribution is 2.11. The quantitative estimate of drug-likeness (QED) is 0.333. The van der Waals surface area contributed by atoms with Gasteiger partial charge in [-0.3, -0.25) is 0 Å². The highest BCUT2D eigenvalue weighted by molar-refractivity contribution is 4.56. The lowest BCUT2D eigenvalue weighted by atomic mass is 10.0. The van der Waals surface area contributed by atoms with Crippen LogP contribution in [0.3, 0.4) is 0 Å². The third-order valence-corrected chi connectivity index (χ3v) is 2.16. The van der Waals surface area contributed by atoms with Crippen molar-refractivity contribution in [3.63, 3.8) is 0 Å². The Balaban J connectivity index is 3.84. The Morgan fingerprint density at radius 1 is 1.06 bits per heavy atom. The van der Waals surface area contributed by atoms with E-state index in [-0.39, 0.29) is 0 Å². The minimum atomic E-state index is -0.982. The number of unbranched alkanes of at least 4 members (excludes halogenated alkanes) is 1. The fraction of sp³-hybridized carbons (Fsp3) is 1.00. The summed E-state index contributed by atoms with van der Waals surface area (Å²) < 4.78 is 0. The second kappa shape index (κ2) is 8.54. The van der Waals surface area contributed by atoms with E-state index in [2.05, 4.69) is 23.5 Å². The zero-order chi connectivity index (χ0) is 13.3.